The van der Waals surface area contributed by atoms with Gasteiger partial charge in [0.05, 0.1) is 5.56 Å². The minimum atomic E-state index is 0.619. The second-order valence-electron chi connectivity index (χ2n) is 8.46. The highest BCUT2D eigenvalue weighted by molar-refractivity contribution is 5.56. The molecule has 4 nitrogen and oxygen atoms in total. The lowest BCUT2D eigenvalue weighted by atomic mass is 10.0. The molecule has 0 aliphatic rings. The number of unbranched alkanes of at least 4 members (excludes halogenated alkanes) is 15. The third-order valence-corrected chi connectivity index (χ3v) is 5.70. The summed E-state index contributed by atoms with van der Waals surface area (Å²) in [6.07, 6.45) is 22.1. The fraction of sp³-hybridized carbons (Fsp3) is 0.769. The van der Waals surface area contributed by atoms with Crippen LogP contribution >= 0.6 is 0 Å². The molecule has 170 valence electrons. The summed E-state index contributed by atoms with van der Waals surface area (Å²) < 4.78 is 0. The molecule has 0 amide bonds. The van der Waals surface area contributed by atoms with Gasteiger partial charge in [0.1, 0.15) is 17.7 Å². The summed E-state index contributed by atoms with van der Waals surface area (Å²) in [7, 11) is 0. The number of nitrogens with zero attached hydrogens (tertiary/aromatic N) is 2. The molecule has 0 saturated carbocycles. The van der Waals surface area contributed by atoms with Crippen molar-refractivity contribution in [3.05, 3.63) is 17.7 Å². The van der Waals surface area contributed by atoms with Crippen molar-refractivity contribution in [2.45, 2.75) is 117 Å². The van der Waals surface area contributed by atoms with Gasteiger partial charge in [-0.2, -0.15) is 5.26 Å². The molecule has 1 heterocycles. The zero-order valence-electron chi connectivity index (χ0n) is 19.8. The number of rotatable bonds is 20. The van der Waals surface area contributed by atoms with Crippen LogP contribution in [0.1, 0.15) is 122 Å². The fourth-order valence-corrected chi connectivity index (χ4v) is 3.84. The second kappa shape index (κ2) is 19.2. The lowest BCUT2D eigenvalue weighted by Gasteiger charge is -2.10. The van der Waals surface area contributed by atoms with E-state index in [1.807, 2.05) is 19.1 Å². The van der Waals surface area contributed by atoms with Crippen molar-refractivity contribution < 1.29 is 0 Å². The van der Waals surface area contributed by atoms with Crippen molar-refractivity contribution in [3.63, 3.8) is 0 Å². The number of pyridine rings is 1. The molecule has 0 saturated heterocycles. The number of anilines is 2. The average molecular weight is 415 g/mol. The smallest absolute Gasteiger partial charge is 0.146 e. The van der Waals surface area contributed by atoms with E-state index >= 15 is 0 Å². The lowest BCUT2D eigenvalue weighted by molar-refractivity contribution is 0.530. The zero-order valence-corrected chi connectivity index (χ0v) is 19.8. The van der Waals surface area contributed by atoms with E-state index in [1.54, 1.807) is 0 Å². The molecule has 0 aliphatic heterocycles. The van der Waals surface area contributed by atoms with Crippen molar-refractivity contribution in [1.82, 2.24) is 4.98 Å². The summed E-state index contributed by atoms with van der Waals surface area (Å²) in [6.45, 7) is 6.05. The Balaban J connectivity index is 1.91. The van der Waals surface area contributed by atoms with Crippen LogP contribution in [0.2, 0.25) is 0 Å². The van der Waals surface area contributed by atoms with Gasteiger partial charge in [-0.1, -0.05) is 103 Å². The molecular formula is C26H46N4. The number of hydrogen-bond acceptors (Lipinski definition) is 4. The Bertz CT molecular complexity index is 565. The summed E-state index contributed by atoms with van der Waals surface area (Å²) in [5.74, 6) is 1.53. The number of aromatic nitrogens is 1. The molecule has 0 spiro atoms. The first-order valence-electron chi connectivity index (χ1n) is 12.7. The molecule has 4 heteroatoms. The van der Waals surface area contributed by atoms with E-state index in [4.69, 9.17) is 0 Å². The monoisotopic (exact) mass is 414 g/mol. The summed E-state index contributed by atoms with van der Waals surface area (Å²) in [5.41, 5.74) is 0.619. The Hall–Kier alpha value is -1.76. The minimum Gasteiger partial charge on any atom is -0.370 e. The Labute approximate surface area is 186 Å². The van der Waals surface area contributed by atoms with Crippen LogP contribution in [-0.4, -0.2) is 18.1 Å². The van der Waals surface area contributed by atoms with Crippen LogP contribution in [0, 0.1) is 11.3 Å². The molecule has 1 rings (SSSR count). The normalized spacial score (nSPS) is 10.7. The molecule has 2 N–H and O–H groups in total. The van der Waals surface area contributed by atoms with Crippen molar-refractivity contribution in [2.75, 3.05) is 23.7 Å². The van der Waals surface area contributed by atoms with Crippen LogP contribution in [0.4, 0.5) is 11.6 Å². The molecule has 0 radical (unpaired) electrons. The van der Waals surface area contributed by atoms with Crippen molar-refractivity contribution >= 4 is 11.6 Å². The minimum absolute atomic E-state index is 0.619. The van der Waals surface area contributed by atoms with E-state index < -0.39 is 0 Å². The molecule has 0 bridgehead atoms. The van der Waals surface area contributed by atoms with E-state index in [-0.39, 0.29) is 0 Å². The molecule has 30 heavy (non-hydrogen) atoms. The zero-order chi connectivity index (χ0) is 21.7. The maximum atomic E-state index is 9.23. The molecule has 1 aromatic heterocycles. The van der Waals surface area contributed by atoms with Crippen LogP contribution in [0.5, 0.6) is 0 Å². The Morgan fingerprint density at radius 2 is 1.20 bits per heavy atom. The van der Waals surface area contributed by atoms with Crippen LogP contribution in [0.15, 0.2) is 12.1 Å². The first kappa shape index (κ1) is 26.3. The van der Waals surface area contributed by atoms with E-state index in [0.29, 0.717) is 11.4 Å². The summed E-state index contributed by atoms with van der Waals surface area (Å²) in [4.78, 5) is 4.50. The quantitative estimate of drug-likeness (QED) is 0.212. The summed E-state index contributed by atoms with van der Waals surface area (Å²) >= 11 is 0. The van der Waals surface area contributed by atoms with Gasteiger partial charge in [0.2, 0.25) is 0 Å². The third kappa shape index (κ3) is 13.5. The number of nitrogens with one attached hydrogen (secondary N) is 2. The first-order valence-corrected chi connectivity index (χ1v) is 12.7. The summed E-state index contributed by atoms with van der Waals surface area (Å²) in [6, 6.07) is 5.92. The largest absolute Gasteiger partial charge is 0.370 e. The molecular weight excluding hydrogens is 368 g/mol. The summed E-state index contributed by atoms with van der Waals surface area (Å²) in [5, 5.41) is 15.8. The fourth-order valence-electron chi connectivity index (χ4n) is 3.84. The third-order valence-electron chi connectivity index (χ3n) is 5.70. The number of hydrogen-bond donors (Lipinski definition) is 2. The Kier molecular flexibility index (Phi) is 16.8. The Morgan fingerprint density at radius 3 is 1.67 bits per heavy atom. The van der Waals surface area contributed by atoms with Gasteiger partial charge in [0.15, 0.2) is 0 Å². The van der Waals surface area contributed by atoms with Gasteiger partial charge in [-0.15, -0.1) is 0 Å². The van der Waals surface area contributed by atoms with E-state index in [9.17, 15) is 5.26 Å². The average Bonchev–Trinajstić information content (AvgIpc) is 2.76. The molecule has 0 unspecified atom stereocenters. The van der Waals surface area contributed by atoms with Gasteiger partial charge in [-0.05, 0) is 25.5 Å². The number of nitriles is 1. The van der Waals surface area contributed by atoms with Crippen molar-refractivity contribution in [2.24, 2.45) is 0 Å². The molecule has 0 aromatic carbocycles. The molecule has 0 aliphatic carbocycles. The van der Waals surface area contributed by atoms with Gasteiger partial charge in [0.25, 0.3) is 0 Å². The predicted octanol–water partition coefficient (Wildman–Crippen LogP) is 8.06. The predicted molar refractivity (Wildman–Crippen MR) is 131 cm³/mol. The van der Waals surface area contributed by atoms with E-state index in [2.05, 4.69) is 28.6 Å². The highest BCUT2D eigenvalue weighted by atomic mass is 15.1. The SMILES string of the molecule is CCCCCCCCCCCCCCCCCCNc1nc(NCC)ccc1C#N. The van der Waals surface area contributed by atoms with Crippen molar-refractivity contribution in [1.29, 1.82) is 5.26 Å². The van der Waals surface area contributed by atoms with Gasteiger partial charge < -0.3 is 10.6 Å². The topological polar surface area (TPSA) is 60.7 Å². The van der Waals surface area contributed by atoms with E-state index in [1.165, 1.54) is 96.3 Å². The molecule has 0 fully saturated rings. The second-order valence-corrected chi connectivity index (χ2v) is 8.46. The van der Waals surface area contributed by atoms with Crippen LogP contribution in [0.3, 0.4) is 0 Å². The molecule has 0 atom stereocenters. The van der Waals surface area contributed by atoms with Crippen LogP contribution < -0.4 is 10.6 Å². The maximum Gasteiger partial charge on any atom is 0.146 e. The standard InChI is InChI=1S/C26H46N4/c1-3-5-6-7-8-9-10-11-12-13-14-15-16-17-18-19-22-29-26-24(23-27)20-21-25(30-26)28-4-2/h20-21H,3-19,22H2,1-2H3,(H2,28,29,30). The molecule has 1 aromatic rings. The van der Waals surface area contributed by atoms with Crippen LogP contribution in [0.25, 0.3) is 0 Å². The maximum absolute atomic E-state index is 9.23. The van der Waals surface area contributed by atoms with Gasteiger partial charge >= 0.3 is 0 Å². The van der Waals surface area contributed by atoms with Gasteiger partial charge in [-0.25, -0.2) is 4.98 Å². The van der Waals surface area contributed by atoms with Gasteiger partial charge in [-0.3, -0.25) is 0 Å². The highest BCUT2D eigenvalue weighted by Crippen LogP contribution is 2.16. The Morgan fingerprint density at radius 1 is 0.700 bits per heavy atom. The highest BCUT2D eigenvalue weighted by Gasteiger charge is 2.04. The lowest BCUT2D eigenvalue weighted by Crippen LogP contribution is -2.07. The van der Waals surface area contributed by atoms with E-state index in [0.717, 1.165) is 25.3 Å². The van der Waals surface area contributed by atoms with Gasteiger partial charge in [0, 0.05) is 13.1 Å². The first-order chi connectivity index (χ1) is 14.8. The van der Waals surface area contributed by atoms with Crippen molar-refractivity contribution in [3.8, 4) is 6.07 Å². The van der Waals surface area contributed by atoms with Crippen LogP contribution in [-0.2, 0) is 0 Å².